The highest BCUT2D eigenvalue weighted by molar-refractivity contribution is 14.1. The van der Waals surface area contributed by atoms with Crippen LogP contribution >= 0.6 is 34.2 Å². The topological polar surface area (TPSA) is 20.2 Å². The molecule has 1 N–H and O–H groups in total. The van der Waals surface area contributed by atoms with Gasteiger partial charge in [-0.25, -0.2) is 0 Å². The fourth-order valence-electron chi connectivity index (χ4n) is 1.95. The van der Waals surface area contributed by atoms with Gasteiger partial charge >= 0.3 is 0 Å². The molecule has 1 atom stereocenters. The first-order valence-corrected chi connectivity index (χ1v) is 7.68. The minimum atomic E-state index is -0.893. The summed E-state index contributed by atoms with van der Waals surface area (Å²) >= 11 is 8.50. The molecule has 0 heterocycles. The van der Waals surface area contributed by atoms with Crippen LogP contribution in [0.2, 0.25) is 5.02 Å². The number of rotatable bonds is 3. The van der Waals surface area contributed by atoms with Gasteiger partial charge in [-0.3, -0.25) is 0 Å². The normalized spacial score (nSPS) is 14.2. The Morgan fingerprint density at radius 3 is 2.26 bits per heavy atom. The number of hydrogen-bond donors (Lipinski definition) is 1. The van der Waals surface area contributed by atoms with E-state index in [1.807, 2.05) is 25.1 Å². The van der Waals surface area contributed by atoms with Gasteiger partial charge in [0, 0.05) is 14.2 Å². The zero-order chi connectivity index (χ0) is 14.0. The third-order valence-electron chi connectivity index (χ3n) is 3.41. The molecule has 2 aromatic carbocycles. The smallest absolute Gasteiger partial charge is 0.0880 e. The number of hydrogen-bond acceptors (Lipinski definition) is 1. The second kappa shape index (κ2) is 5.81. The fourth-order valence-corrected chi connectivity index (χ4v) is 2.63. The van der Waals surface area contributed by atoms with Gasteiger partial charge in [0.1, 0.15) is 0 Å². The minimum Gasteiger partial charge on any atom is -0.385 e. The number of halogens is 2. The summed E-state index contributed by atoms with van der Waals surface area (Å²) in [5.74, 6) is 0. The third kappa shape index (κ3) is 3.30. The third-order valence-corrected chi connectivity index (χ3v) is 4.46. The Bertz CT molecular complexity index is 576. The molecule has 2 rings (SSSR count). The van der Waals surface area contributed by atoms with Crippen molar-refractivity contribution in [3.63, 3.8) is 0 Å². The molecule has 0 aliphatic heterocycles. The van der Waals surface area contributed by atoms with Gasteiger partial charge in [0.05, 0.1) is 5.60 Å². The standard InChI is InChI=1S/C16H16ClIO/c1-3-16(2,19)14-10-12(6-9-15(14)17)11-4-7-13(18)8-5-11/h4-10,19H,3H2,1-2H3. The van der Waals surface area contributed by atoms with Crippen LogP contribution in [-0.2, 0) is 5.60 Å². The molecule has 0 fully saturated rings. The first-order valence-electron chi connectivity index (χ1n) is 6.22. The van der Waals surface area contributed by atoms with E-state index in [0.29, 0.717) is 11.4 Å². The molecule has 0 amide bonds. The number of aliphatic hydroxyl groups is 1. The van der Waals surface area contributed by atoms with E-state index in [9.17, 15) is 5.11 Å². The lowest BCUT2D eigenvalue weighted by Gasteiger charge is -2.24. The van der Waals surface area contributed by atoms with Gasteiger partial charge in [-0.15, -0.1) is 0 Å². The van der Waals surface area contributed by atoms with E-state index in [4.69, 9.17) is 11.6 Å². The second-order valence-electron chi connectivity index (χ2n) is 4.83. The van der Waals surface area contributed by atoms with E-state index in [-0.39, 0.29) is 0 Å². The maximum Gasteiger partial charge on any atom is 0.0880 e. The summed E-state index contributed by atoms with van der Waals surface area (Å²) in [5.41, 5.74) is 2.10. The van der Waals surface area contributed by atoms with Crippen LogP contribution in [0.3, 0.4) is 0 Å². The molecule has 0 aliphatic carbocycles. The molecule has 0 aromatic heterocycles. The van der Waals surface area contributed by atoms with Gasteiger partial charge in [-0.2, -0.15) is 0 Å². The highest BCUT2D eigenvalue weighted by Crippen LogP contribution is 2.34. The zero-order valence-electron chi connectivity index (χ0n) is 11.0. The monoisotopic (exact) mass is 386 g/mol. The van der Waals surface area contributed by atoms with Gasteiger partial charge in [0.25, 0.3) is 0 Å². The Morgan fingerprint density at radius 2 is 1.68 bits per heavy atom. The average molecular weight is 387 g/mol. The Kier molecular flexibility index (Phi) is 4.54. The summed E-state index contributed by atoms with van der Waals surface area (Å²) in [6, 6.07) is 14.1. The van der Waals surface area contributed by atoms with E-state index in [1.54, 1.807) is 6.92 Å². The molecular formula is C16H16ClIO. The number of benzene rings is 2. The fraction of sp³-hybridized carbons (Fsp3) is 0.250. The van der Waals surface area contributed by atoms with E-state index < -0.39 is 5.60 Å². The van der Waals surface area contributed by atoms with Gasteiger partial charge in [-0.1, -0.05) is 36.7 Å². The molecule has 0 saturated carbocycles. The second-order valence-corrected chi connectivity index (χ2v) is 6.48. The van der Waals surface area contributed by atoms with Crippen molar-refractivity contribution in [2.45, 2.75) is 25.9 Å². The van der Waals surface area contributed by atoms with Gasteiger partial charge in [-0.05, 0) is 71.3 Å². The van der Waals surface area contributed by atoms with Crippen molar-refractivity contribution in [1.29, 1.82) is 0 Å². The highest BCUT2D eigenvalue weighted by atomic mass is 127. The maximum absolute atomic E-state index is 10.4. The maximum atomic E-state index is 10.4. The van der Waals surface area contributed by atoms with Gasteiger partial charge in [0.15, 0.2) is 0 Å². The summed E-state index contributed by atoms with van der Waals surface area (Å²) in [4.78, 5) is 0. The SMILES string of the molecule is CCC(C)(O)c1cc(-c2ccc(I)cc2)ccc1Cl. The Morgan fingerprint density at radius 1 is 1.11 bits per heavy atom. The molecule has 0 saturated heterocycles. The molecule has 1 nitrogen and oxygen atoms in total. The Balaban J connectivity index is 2.50. The van der Waals surface area contributed by atoms with E-state index >= 15 is 0 Å². The summed E-state index contributed by atoms with van der Waals surface area (Å²) in [6.07, 6.45) is 0.628. The molecule has 19 heavy (non-hydrogen) atoms. The Labute approximate surface area is 132 Å². The van der Waals surface area contributed by atoms with Gasteiger partial charge < -0.3 is 5.11 Å². The van der Waals surface area contributed by atoms with E-state index in [0.717, 1.165) is 16.7 Å². The molecule has 0 spiro atoms. The predicted octanol–water partition coefficient (Wildman–Crippen LogP) is 5.23. The molecule has 1 unspecified atom stereocenters. The zero-order valence-corrected chi connectivity index (χ0v) is 13.9. The Hall–Kier alpha value is -0.580. The lowest BCUT2D eigenvalue weighted by atomic mass is 9.90. The lowest BCUT2D eigenvalue weighted by Crippen LogP contribution is -2.20. The average Bonchev–Trinajstić information content (AvgIpc) is 2.40. The molecule has 0 radical (unpaired) electrons. The minimum absolute atomic E-state index is 0.612. The first kappa shape index (κ1) is 14.8. The van der Waals surface area contributed by atoms with E-state index in [2.05, 4.69) is 46.9 Å². The van der Waals surface area contributed by atoms with Crippen LogP contribution in [0.4, 0.5) is 0 Å². The van der Waals surface area contributed by atoms with Crippen LogP contribution in [0, 0.1) is 3.57 Å². The quantitative estimate of drug-likeness (QED) is 0.716. The van der Waals surface area contributed by atoms with Crippen LogP contribution in [0.25, 0.3) is 11.1 Å². The molecular weight excluding hydrogens is 371 g/mol. The molecule has 3 heteroatoms. The molecule has 100 valence electrons. The van der Waals surface area contributed by atoms with Crippen molar-refractivity contribution in [2.75, 3.05) is 0 Å². The van der Waals surface area contributed by atoms with Crippen molar-refractivity contribution in [1.82, 2.24) is 0 Å². The summed E-state index contributed by atoms with van der Waals surface area (Å²) in [5, 5.41) is 11.0. The van der Waals surface area contributed by atoms with Crippen molar-refractivity contribution in [3.05, 3.63) is 56.6 Å². The predicted molar refractivity (Wildman–Crippen MR) is 89.5 cm³/mol. The summed E-state index contributed by atoms with van der Waals surface area (Å²) in [6.45, 7) is 3.75. The van der Waals surface area contributed by atoms with Gasteiger partial charge in [0.2, 0.25) is 0 Å². The van der Waals surface area contributed by atoms with Crippen LogP contribution in [-0.4, -0.2) is 5.11 Å². The van der Waals surface area contributed by atoms with Crippen molar-refractivity contribution < 1.29 is 5.11 Å². The lowest BCUT2D eigenvalue weighted by molar-refractivity contribution is 0.0532. The highest BCUT2D eigenvalue weighted by Gasteiger charge is 2.23. The van der Waals surface area contributed by atoms with Crippen LogP contribution < -0.4 is 0 Å². The van der Waals surface area contributed by atoms with Crippen LogP contribution in [0.15, 0.2) is 42.5 Å². The van der Waals surface area contributed by atoms with Crippen molar-refractivity contribution in [2.24, 2.45) is 0 Å². The van der Waals surface area contributed by atoms with Crippen LogP contribution in [0.1, 0.15) is 25.8 Å². The van der Waals surface area contributed by atoms with Crippen molar-refractivity contribution >= 4 is 34.2 Å². The molecule has 0 aliphatic rings. The summed E-state index contributed by atoms with van der Waals surface area (Å²) in [7, 11) is 0. The largest absolute Gasteiger partial charge is 0.385 e. The molecule has 2 aromatic rings. The van der Waals surface area contributed by atoms with Crippen molar-refractivity contribution in [3.8, 4) is 11.1 Å². The first-order chi connectivity index (χ1) is 8.94. The summed E-state index contributed by atoms with van der Waals surface area (Å²) < 4.78 is 1.20. The van der Waals surface area contributed by atoms with Crippen LogP contribution in [0.5, 0.6) is 0 Å². The molecule has 0 bridgehead atoms. The van der Waals surface area contributed by atoms with E-state index in [1.165, 1.54) is 3.57 Å².